The van der Waals surface area contributed by atoms with Gasteiger partial charge in [0.2, 0.25) is 0 Å². The highest BCUT2D eigenvalue weighted by molar-refractivity contribution is 7.07. The maximum atomic E-state index is 13.5. The summed E-state index contributed by atoms with van der Waals surface area (Å²) in [5.74, 6) is -2.10. The number of rotatable bonds is 5. The van der Waals surface area contributed by atoms with E-state index in [4.69, 9.17) is 0 Å². The van der Waals surface area contributed by atoms with Crippen LogP contribution in [0.1, 0.15) is 22.0 Å². The lowest BCUT2D eigenvalue weighted by Crippen LogP contribution is -2.34. The monoisotopic (exact) mass is 310 g/mol. The molecule has 0 radical (unpaired) electrons. The summed E-state index contributed by atoms with van der Waals surface area (Å²) < 4.78 is 26.4. The van der Waals surface area contributed by atoms with Crippen LogP contribution in [0.5, 0.6) is 0 Å². The maximum absolute atomic E-state index is 13.5. The first-order valence-electron chi connectivity index (χ1n) is 6.41. The van der Waals surface area contributed by atoms with Crippen molar-refractivity contribution in [1.29, 1.82) is 0 Å². The Morgan fingerprint density at radius 2 is 2.10 bits per heavy atom. The quantitative estimate of drug-likeness (QED) is 0.920. The molecular weight excluding hydrogens is 294 g/mol. The number of halogens is 2. The zero-order chi connectivity index (χ0) is 15.4. The molecule has 1 unspecified atom stereocenters. The molecule has 3 nitrogen and oxygen atoms in total. The summed E-state index contributed by atoms with van der Waals surface area (Å²) in [4.78, 5) is 14.0. The van der Waals surface area contributed by atoms with Gasteiger partial charge < -0.3 is 10.2 Å². The lowest BCUT2D eigenvalue weighted by molar-refractivity contribution is 0.0938. The van der Waals surface area contributed by atoms with Crippen LogP contribution in [-0.2, 0) is 0 Å². The van der Waals surface area contributed by atoms with E-state index in [-0.39, 0.29) is 11.6 Å². The standard InChI is InChI=1S/C15H16F2N2OS/c1-19(2)14(10-5-6-21-9-10)8-18-15(20)12-4-3-11(16)7-13(12)17/h3-7,9,14H,8H2,1-2H3,(H,18,20). The van der Waals surface area contributed by atoms with E-state index in [2.05, 4.69) is 5.32 Å². The number of likely N-dealkylation sites (N-methyl/N-ethyl adjacent to an activating group) is 1. The van der Waals surface area contributed by atoms with Gasteiger partial charge in [-0.1, -0.05) is 0 Å². The number of hydrogen-bond acceptors (Lipinski definition) is 3. The number of nitrogens with one attached hydrogen (secondary N) is 1. The molecule has 6 heteroatoms. The summed E-state index contributed by atoms with van der Waals surface area (Å²) in [6, 6.07) is 4.91. The summed E-state index contributed by atoms with van der Waals surface area (Å²) >= 11 is 1.58. The fourth-order valence-corrected chi connectivity index (χ4v) is 2.73. The van der Waals surface area contributed by atoms with Gasteiger partial charge >= 0.3 is 0 Å². The summed E-state index contributed by atoms with van der Waals surface area (Å²) in [6.45, 7) is 0.347. The minimum absolute atomic E-state index is 0.00343. The third kappa shape index (κ3) is 3.86. The topological polar surface area (TPSA) is 32.3 Å². The van der Waals surface area contributed by atoms with Crippen LogP contribution in [-0.4, -0.2) is 31.4 Å². The van der Waals surface area contributed by atoms with Gasteiger partial charge in [-0.05, 0) is 48.6 Å². The molecule has 0 bridgehead atoms. The molecule has 21 heavy (non-hydrogen) atoms. The Labute approximate surface area is 126 Å². The van der Waals surface area contributed by atoms with Crippen molar-refractivity contribution >= 4 is 17.2 Å². The van der Waals surface area contributed by atoms with Crippen molar-refractivity contribution in [3.63, 3.8) is 0 Å². The van der Waals surface area contributed by atoms with Crippen molar-refractivity contribution in [3.05, 3.63) is 57.8 Å². The number of hydrogen-bond donors (Lipinski definition) is 1. The highest BCUT2D eigenvalue weighted by atomic mass is 32.1. The average molecular weight is 310 g/mol. The molecule has 1 aromatic heterocycles. The van der Waals surface area contributed by atoms with E-state index in [1.54, 1.807) is 11.3 Å². The van der Waals surface area contributed by atoms with E-state index in [1.165, 1.54) is 0 Å². The SMILES string of the molecule is CN(C)C(CNC(=O)c1ccc(F)cc1F)c1ccsc1. The Kier molecular flexibility index (Phi) is 5.03. The van der Waals surface area contributed by atoms with Crippen molar-refractivity contribution in [2.75, 3.05) is 20.6 Å². The highest BCUT2D eigenvalue weighted by Crippen LogP contribution is 2.20. The summed E-state index contributed by atoms with van der Waals surface area (Å²) in [7, 11) is 3.82. The highest BCUT2D eigenvalue weighted by Gasteiger charge is 2.18. The van der Waals surface area contributed by atoms with Crippen LogP contribution in [0, 0.1) is 11.6 Å². The number of thiophene rings is 1. The summed E-state index contributed by atoms with van der Waals surface area (Å²) in [5, 5.41) is 6.67. The number of benzene rings is 1. The molecule has 1 atom stereocenters. The Morgan fingerprint density at radius 3 is 2.67 bits per heavy atom. The van der Waals surface area contributed by atoms with Crippen LogP contribution in [0.4, 0.5) is 8.78 Å². The zero-order valence-electron chi connectivity index (χ0n) is 11.8. The fraction of sp³-hybridized carbons (Fsp3) is 0.267. The summed E-state index contributed by atoms with van der Waals surface area (Å²) in [6.07, 6.45) is 0. The lowest BCUT2D eigenvalue weighted by Gasteiger charge is -2.24. The molecule has 0 aliphatic carbocycles. The minimum atomic E-state index is -0.857. The Hall–Kier alpha value is -1.79. The molecule has 1 amide bonds. The molecule has 2 rings (SSSR count). The van der Waals surface area contributed by atoms with E-state index in [0.29, 0.717) is 12.6 Å². The molecule has 1 N–H and O–H groups in total. The van der Waals surface area contributed by atoms with Gasteiger partial charge in [0, 0.05) is 12.6 Å². The minimum Gasteiger partial charge on any atom is -0.350 e. The molecule has 0 aliphatic rings. The van der Waals surface area contributed by atoms with Gasteiger partial charge in [0.25, 0.3) is 5.91 Å². The van der Waals surface area contributed by atoms with E-state index in [9.17, 15) is 13.6 Å². The van der Waals surface area contributed by atoms with Crippen LogP contribution >= 0.6 is 11.3 Å². The zero-order valence-corrected chi connectivity index (χ0v) is 12.6. The predicted octanol–water partition coefficient (Wildman–Crippen LogP) is 3.06. The molecule has 1 aromatic carbocycles. The molecular formula is C15H16F2N2OS. The van der Waals surface area contributed by atoms with E-state index < -0.39 is 17.5 Å². The molecule has 2 aromatic rings. The molecule has 1 heterocycles. The molecule has 0 fully saturated rings. The van der Waals surface area contributed by atoms with Gasteiger partial charge in [0.15, 0.2) is 0 Å². The Bertz CT molecular complexity index is 614. The van der Waals surface area contributed by atoms with Gasteiger partial charge in [-0.25, -0.2) is 8.78 Å². The number of carbonyl (C=O) groups is 1. The largest absolute Gasteiger partial charge is 0.350 e. The molecule has 0 aliphatic heterocycles. The fourth-order valence-electron chi connectivity index (χ4n) is 2.02. The first-order chi connectivity index (χ1) is 9.99. The van der Waals surface area contributed by atoms with Gasteiger partial charge in [0.05, 0.1) is 11.6 Å². The van der Waals surface area contributed by atoms with Crippen LogP contribution < -0.4 is 5.32 Å². The lowest BCUT2D eigenvalue weighted by atomic mass is 10.1. The normalized spacial score (nSPS) is 12.4. The third-order valence-electron chi connectivity index (χ3n) is 3.18. The number of nitrogens with zero attached hydrogens (tertiary/aromatic N) is 1. The van der Waals surface area contributed by atoms with Gasteiger partial charge in [0.1, 0.15) is 11.6 Å². The first kappa shape index (κ1) is 15.6. The molecule has 0 spiro atoms. The average Bonchev–Trinajstić information content (AvgIpc) is 2.92. The smallest absolute Gasteiger partial charge is 0.254 e. The van der Waals surface area contributed by atoms with Crippen LogP contribution in [0.15, 0.2) is 35.0 Å². The molecule has 0 saturated carbocycles. The number of carbonyl (C=O) groups excluding carboxylic acids is 1. The Morgan fingerprint density at radius 1 is 1.33 bits per heavy atom. The van der Waals surface area contributed by atoms with Crippen LogP contribution in [0.2, 0.25) is 0 Å². The summed E-state index contributed by atoms with van der Waals surface area (Å²) in [5.41, 5.74) is 0.934. The van der Waals surface area contributed by atoms with Gasteiger partial charge in [-0.3, -0.25) is 4.79 Å². The molecule has 112 valence electrons. The van der Waals surface area contributed by atoms with Crippen molar-refractivity contribution in [3.8, 4) is 0 Å². The number of amides is 1. The maximum Gasteiger partial charge on any atom is 0.254 e. The second-order valence-electron chi connectivity index (χ2n) is 4.87. The molecule has 0 saturated heterocycles. The van der Waals surface area contributed by atoms with Crippen molar-refractivity contribution in [1.82, 2.24) is 10.2 Å². The van der Waals surface area contributed by atoms with Crippen molar-refractivity contribution < 1.29 is 13.6 Å². The van der Waals surface area contributed by atoms with E-state index in [0.717, 1.165) is 17.7 Å². The first-order valence-corrected chi connectivity index (χ1v) is 7.35. The van der Waals surface area contributed by atoms with Gasteiger partial charge in [-0.15, -0.1) is 0 Å². The second kappa shape index (κ2) is 6.78. The third-order valence-corrected chi connectivity index (χ3v) is 3.88. The van der Waals surface area contributed by atoms with E-state index in [1.807, 2.05) is 35.8 Å². The predicted molar refractivity (Wildman–Crippen MR) is 79.4 cm³/mol. The van der Waals surface area contributed by atoms with Gasteiger partial charge in [-0.2, -0.15) is 11.3 Å². The van der Waals surface area contributed by atoms with Crippen molar-refractivity contribution in [2.24, 2.45) is 0 Å². The Balaban J connectivity index is 2.05. The van der Waals surface area contributed by atoms with Crippen LogP contribution in [0.25, 0.3) is 0 Å². The second-order valence-corrected chi connectivity index (χ2v) is 5.65. The van der Waals surface area contributed by atoms with E-state index >= 15 is 0 Å². The van der Waals surface area contributed by atoms with Crippen molar-refractivity contribution in [2.45, 2.75) is 6.04 Å². The van der Waals surface area contributed by atoms with Crippen LogP contribution in [0.3, 0.4) is 0 Å².